The topological polar surface area (TPSA) is 76.2 Å². The SMILES string of the molecule is Nc1cc(C(F)F)c(CC(=O)O)nc1CBr. The van der Waals surface area contributed by atoms with Crippen LogP contribution in [0.4, 0.5) is 14.5 Å². The summed E-state index contributed by atoms with van der Waals surface area (Å²) in [6.07, 6.45) is -3.33. The van der Waals surface area contributed by atoms with Crippen molar-refractivity contribution in [3.63, 3.8) is 0 Å². The van der Waals surface area contributed by atoms with Crippen molar-refractivity contribution in [2.24, 2.45) is 0 Å². The summed E-state index contributed by atoms with van der Waals surface area (Å²) < 4.78 is 25.2. The van der Waals surface area contributed by atoms with Gasteiger partial charge >= 0.3 is 5.97 Å². The summed E-state index contributed by atoms with van der Waals surface area (Å²) in [5.41, 5.74) is 5.41. The van der Waals surface area contributed by atoms with Crippen LogP contribution < -0.4 is 5.73 Å². The molecule has 0 fully saturated rings. The molecule has 0 aromatic carbocycles. The number of alkyl halides is 3. The Kier molecular flexibility index (Phi) is 4.17. The number of anilines is 1. The van der Waals surface area contributed by atoms with Gasteiger partial charge in [-0.2, -0.15) is 0 Å². The van der Waals surface area contributed by atoms with E-state index in [1.807, 2.05) is 0 Å². The van der Waals surface area contributed by atoms with E-state index in [-0.39, 0.29) is 16.7 Å². The highest BCUT2D eigenvalue weighted by Gasteiger charge is 2.18. The van der Waals surface area contributed by atoms with E-state index in [0.29, 0.717) is 5.69 Å². The van der Waals surface area contributed by atoms with Crippen LogP contribution in [-0.4, -0.2) is 16.1 Å². The summed E-state index contributed by atoms with van der Waals surface area (Å²) in [6.45, 7) is 0. The molecule has 0 aliphatic rings. The second-order valence-corrected chi connectivity index (χ2v) is 3.63. The fourth-order valence-electron chi connectivity index (χ4n) is 1.21. The van der Waals surface area contributed by atoms with Gasteiger partial charge in [0.15, 0.2) is 0 Å². The van der Waals surface area contributed by atoms with E-state index in [2.05, 4.69) is 20.9 Å². The normalized spacial score (nSPS) is 10.8. The van der Waals surface area contributed by atoms with Gasteiger partial charge in [0, 0.05) is 10.9 Å². The first-order valence-electron chi connectivity index (χ1n) is 4.29. The number of nitrogens with two attached hydrogens (primary N) is 1. The Labute approximate surface area is 98.6 Å². The molecule has 16 heavy (non-hydrogen) atoms. The van der Waals surface area contributed by atoms with Crippen LogP contribution in [0.3, 0.4) is 0 Å². The lowest BCUT2D eigenvalue weighted by Gasteiger charge is -2.10. The predicted molar refractivity (Wildman–Crippen MR) is 57.6 cm³/mol. The van der Waals surface area contributed by atoms with E-state index >= 15 is 0 Å². The molecule has 0 amide bonds. The summed E-state index contributed by atoms with van der Waals surface area (Å²) in [7, 11) is 0. The third-order valence-electron chi connectivity index (χ3n) is 1.93. The van der Waals surface area contributed by atoms with E-state index < -0.39 is 24.4 Å². The highest BCUT2D eigenvalue weighted by Crippen LogP contribution is 2.26. The summed E-state index contributed by atoms with van der Waals surface area (Å²) in [4.78, 5) is 14.3. The Morgan fingerprint density at radius 3 is 2.62 bits per heavy atom. The molecule has 0 bridgehead atoms. The minimum atomic E-state index is -2.78. The maximum Gasteiger partial charge on any atom is 0.309 e. The highest BCUT2D eigenvalue weighted by molar-refractivity contribution is 9.08. The zero-order valence-corrected chi connectivity index (χ0v) is 9.67. The second kappa shape index (κ2) is 5.20. The number of rotatable bonds is 4. The van der Waals surface area contributed by atoms with Gasteiger partial charge in [0.2, 0.25) is 0 Å². The number of carboxylic acid groups (broad SMARTS) is 1. The van der Waals surface area contributed by atoms with E-state index in [0.717, 1.165) is 6.07 Å². The molecule has 0 saturated carbocycles. The van der Waals surface area contributed by atoms with Gasteiger partial charge in [0.25, 0.3) is 6.43 Å². The van der Waals surface area contributed by atoms with Crippen LogP contribution in [0.25, 0.3) is 0 Å². The third-order valence-corrected chi connectivity index (χ3v) is 2.46. The Morgan fingerprint density at radius 1 is 1.56 bits per heavy atom. The molecule has 88 valence electrons. The Balaban J connectivity index is 3.24. The lowest BCUT2D eigenvalue weighted by atomic mass is 10.1. The van der Waals surface area contributed by atoms with Gasteiger partial charge in [-0.3, -0.25) is 9.78 Å². The number of hydrogen-bond donors (Lipinski definition) is 2. The maximum absolute atomic E-state index is 12.6. The number of carboxylic acids is 1. The molecule has 0 spiro atoms. The summed E-state index contributed by atoms with van der Waals surface area (Å²) in [5, 5.41) is 8.86. The van der Waals surface area contributed by atoms with Crippen LogP contribution >= 0.6 is 15.9 Å². The van der Waals surface area contributed by atoms with Crippen molar-refractivity contribution in [2.75, 3.05) is 5.73 Å². The standard InChI is InChI=1S/C9H9BrF2N2O2/c10-3-7-5(13)1-4(9(11)12)6(14-7)2-8(15)16/h1,9H,2-3,13H2,(H,15,16). The summed E-state index contributed by atoms with van der Waals surface area (Å²) >= 11 is 3.09. The third kappa shape index (κ3) is 2.88. The van der Waals surface area contributed by atoms with Crippen LogP contribution in [-0.2, 0) is 16.5 Å². The van der Waals surface area contributed by atoms with Crippen molar-refractivity contribution in [2.45, 2.75) is 18.2 Å². The lowest BCUT2D eigenvalue weighted by molar-refractivity contribution is -0.136. The fourth-order valence-corrected chi connectivity index (χ4v) is 1.66. The van der Waals surface area contributed by atoms with E-state index in [1.165, 1.54) is 0 Å². The molecular weight excluding hydrogens is 286 g/mol. The van der Waals surface area contributed by atoms with Crippen LogP contribution in [0.5, 0.6) is 0 Å². The van der Waals surface area contributed by atoms with Gasteiger partial charge in [0.1, 0.15) is 0 Å². The Bertz CT molecular complexity index is 413. The number of hydrogen-bond acceptors (Lipinski definition) is 3. The molecule has 0 radical (unpaired) electrons. The fraction of sp³-hybridized carbons (Fsp3) is 0.333. The smallest absolute Gasteiger partial charge is 0.309 e. The Hall–Kier alpha value is -1.24. The number of aromatic nitrogens is 1. The monoisotopic (exact) mass is 294 g/mol. The number of pyridine rings is 1. The first-order valence-corrected chi connectivity index (χ1v) is 5.42. The first-order chi connectivity index (χ1) is 7.45. The van der Waals surface area contributed by atoms with Crippen LogP contribution in [0, 0.1) is 0 Å². The zero-order valence-electron chi connectivity index (χ0n) is 8.08. The van der Waals surface area contributed by atoms with Crippen LogP contribution in [0.2, 0.25) is 0 Å². The van der Waals surface area contributed by atoms with Gasteiger partial charge < -0.3 is 10.8 Å². The molecule has 1 rings (SSSR count). The van der Waals surface area contributed by atoms with Gasteiger partial charge in [-0.15, -0.1) is 0 Å². The molecule has 0 aliphatic heterocycles. The molecule has 7 heteroatoms. The molecule has 0 aliphatic carbocycles. The molecule has 1 aromatic rings. The molecule has 4 nitrogen and oxygen atoms in total. The zero-order chi connectivity index (χ0) is 12.3. The van der Waals surface area contributed by atoms with Gasteiger partial charge in [-0.25, -0.2) is 8.78 Å². The van der Waals surface area contributed by atoms with Crippen molar-refractivity contribution >= 4 is 27.6 Å². The molecule has 0 unspecified atom stereocenters. The number of nitrogen functional groups attached to an aromatic ring is 1. The van der Waals surface area contributed by atoms with Crippen molar-refractivity contribution < 1.29 is 18.7 Å². The molecule has 3 N–H and O–H groups in total. The van der Waals surface area contributed by atoms with Crippen LogP contribution in [0.1, 0.15) is 23.4 Å². The summed E-state index contributed by atoms with van der Waals surface area (Å²) in [6, 6.07) is 1.08. The molecule has 0 atom stereocenters. The van der Waals surface area contributed by atoms with Crippen molar-refractivity contribution in [1.82, 2.24) is 4.98 Å². The number of nitrogens with zero attached hydrogens (tertiary/aromatic N) is 1. The lowest BCUT2D eigenvalue weighted by Crippen LogP contribution is -2.10. The van der Waals surface area contributed by atoms with E-state index in [1.54, 1.807) is 0 Å². The minimum absolute atomic E-state index is 0.126. The van der Waals surface area contributed by atoms with Gasteiger partial charge in [-0.1, -0.05) is 15.9 Å². The number of carbonyl (C=O) groups is 1. The molecular formula is C9H9BrF2N2O2. The van der Waals surface area contributed by atoms with Gasteiger partial charge in [-0.05, 0) is 6.07 Å². The molecule has 0 saturated heterocycles. The first kappa shape index (κ1) is 12.8. The second-order valence-electron chi connectivity index (χ2n) is 3.07. The van der Waals surface area contributed by atoms with Gasteiger partial charge in [0.05, 0.1) is 23.5 Å². The number of halogens is 3. The predicted octanol–water partition coefficient (Wildman–Crippen LogP) is 2.12. The van der Waals surface area contributed by atoms with E-state index in [9.17, 15) is 13.6 Å². The average molecular weight is 295 g/mol. The van der Waals surface area contributed by atoms with Crippen molar-refractivity contribution in [1.29, 1.82) is 0 Å². The van der Waals surface area contributed by atoms with Crippen LogP contribution in [0.15, 0.2) is 6.07 Å². The Morgan fingerprint density at radius 2 is 2.19 bits per heavy atom. The largest absolute Gasteiger partial charge is 0.481 e. The van der Waals surface area contributed by atoms with Crippen molar-refractivity contribution in [3.8, 4) is 0 Å². The molecule has 1 heterocycles. The summed E-state index contributed by atoms with van der Waals surface area (Å²) in [5.74, 6) is -1.21. The van der Waals surface area contributed by atoms with E-state index in [4.69, 9.17) is 10.8 Å². The number of aliphatic carboxylic acids is 1. The maximum atomic E-state index is 12.6. The highest BCUT2D eigenvalue weighted by atomic mass is 79.9. The minimum Gasteiger partial charge on any atom is -0.481 e. The average Bonchev–Trinajstić information content (AvgIpc) is 2.19. The quantitative estimate of drug-likeness (QED) is 0.834. The van der Waals surface area contributed by atoms with Crippen molar-refractivity contribution in [3.05, 3.63) is 23.0 Å². The molecule has 1 aromatic heterocycles.